The van der Waals surface area contributed by atoms with Crippen LogP contribution in [0.2, 0.25) is 0 Å². The first kappa shape index (κ1) is 19.9. The first-order valence-electron chi connectivity index (χ1n) is 9.75. The van der Waals surface area contributed by atoms with E-state index in [4.69, 9.17) is 0 Å². The van der Waals surface area contributed by atoms with Gasteiger partial charge in [-0.15, -0.1) is 0 Å². The second-order valence-electron chi connectivity index (χ2n) is 7.31. The molecule has 2 N–H and O–H groups in total. The number of aliphatic imine (C=N–C) groups is 2. The lowest BCUT2D eigenvalue weighted by atomic mass is 9.95. The van der Waals surface area contributed by atoms with E-state index in [1.54, 1.807) is 19.9 Å². The molecule has 1 saturated carbocycles. The van der Waals surface area contributed by atoms with Crippen molar-refractivity contribution >= 4 is 35.2 Å². The highest BCUT2D eigenvalue weighted by Gasteiger charge is 2.27. The van der Waals surface area contributed by atoms with E-state index in [0.29, 0.717) is 17.8 Å². The van der Waals surface area contributed by atoms with Crippen molar-refractivity contribution in [2.75, 3.05) is 5.32 Å². The summed E-state index contributed by atoms with van der Waals surface area (Å²) in [5.74, 6) is -1.74. The molecule has 1 unspecified atom stereocenters. The van der Waals surface area contributed by atoms with Gasteiger partial charge >= 0.3 is 11.8 Å². The van der Waals surface area contributed by atoms with Gasteiger partial charge in [0, 0.05) is 17.8 Å². The van der Waals surface area contributed by atoms with Gasteiger partial charge in [-0.3, -0.25) is 14.4 Å². The Morgan fingerprint density at radius 2 is 1.86 bits per heavy atom. The molecule has 2 heterocycles. The van der Waals surface area contributed by atoms with Crippen LogP contribution in [-0.2, 0) is 14.4 Å². The number of rotatable bonds is 3. The minimum atomic E-state index is -0.776. The van der Waals surface area contributed by atoms with Crippen LogP contribution in [0.4, 0.5) is 5.82 Å². The molecule has 9 heteroatoms. The van der Waals surface area contributed by atoms with Crippen LogP contribution >= 0.6 is 0 Å². The highest BCUT2D eigenvalue weighted by atomic mass is 16.2. The van der Waals surface area contributed by atoms with Crippen LogP contribution in [0.15, 0.2) is 16.1 Å². The number of aromatic nitrogens is 2. The van der Waals surface area contributed by atoms with E-state index in [9.17, 15) is 14.4 Å². The first-order valence-corrected chi connectivity index (χ1v) is 9.75. The molecule has 1 fully saturated rings. The molecule has 1 aliphatic heterocycles. The van der Waals surface area contributed by atoms with E-state index in [0.717, 1.165) is 32.1 Å². The van der Waals surface area contributed by atoms with Gasteiger partial charge in [0.25, 0.3) is 11.9 Å². The van der Waals surface area contributed by atoms with Crippen molar-refractivity contribution in [3.05, 3.63) is 11.8 Å². The highest BCUT2D eigenvalue weighted by Crippen LogP contribution is 2.19. The third-order valence-corrected chi connectivity index (χ3v) is 5.11. The molecule has 1 atom stereocenters. The number of hydrogen-bond acceptors (Lipinski definition) is 5. The van der Waals surface area contributed by atoms with E-state index in [1.165, 1.54) is 4.68 Å². The molecule has 0 aromatic carbocycles. The van der Waals surface area contributed by atoms with Crippen molar-refractivity contribution < 1.29 is 14.4 Å². The second-order valence-corrected chi connectivity index (χ2v) is 7.31. The van der Waals surface area contributed by atoms with Crippen molar-refractivity contribution in [1.82, 2.24) is 15.1 Å². The van der Waals surface area contributed by atoms with Crippen LogP contribution in [0.5, 0.6) is 0 Å². The fourth-order valence-corrected chi connectivity index (χ4v) is 3.59. The normalized spacial score (nSPS) is 20.4. The largest absolute Gasteiger partial charge is 0.345 e. The molecule has 0 saturated heterocycles. The average Bonchev–Trinajstić information content (AvgIpc) is 3.02. The molecule has 28 heavy (non-hydrogen) atoms. The third kappa shape index (κ3) is 4.35. The Kier molecular flexibility index (Phi) is 6.01. The number of amides is 3. The quantitative estimate of drug-likeness (QED) is 0.770. The van der Waals surface area contributed by atoms with Gasteiger partial charge in [0.05, 0.1) is 11.6 Å². The summed E-state index contributed by atoms with van der Waals surface area (Å²) in [6.07, 6.45) is 5.68. The maximum absolute atomic E-state index is 12.4. The summed E-state index contributed by atoms with van der Waals surface area (Å²) in [5.41, 5.74) is 1.25. The Hall–Kier alpha value is -2.84. The standard InChI is InChI=1S/C19H26N6O3/c1-4-14-12(3)20-19(23-16(14)26)25-15(10-11(2)24-25)22-18(28)17(27)21-13-8-6-5-7-9-13/h10,13-14H,4-9H2,1-3H3,(H,21,27)(H,22,28). The summed E-state index contributed by atoms with van der Waals surface area (Å²) < 4.78 is 1.29. The van der Waals surface area contributed by atoms with E-state index >= 15 is 0 Å². The van der Waals surface area contributed by atoms with Crippen LogP contribution < -0.4 is 10.6 Å². The second kappa shape index (κ2) is 8.45. The van der Waals surface area contributed by atoms with Crippen molar-refractivity contribution in [3.8, 4) is 0 Å². The van der Waals surface area contributed by atoms with Gasteiger partial charge in [0.15, 0.2) is 0 Å². The topological polar surface area (TPSA) is 118 Å². The smallest absolute Gasteiger partial charge is 0.314 e. The van der Waals surface area contributed by atoms with Crippen LogP contribution in [0.25, 0.3) is 0 Å². The zero-order valence-corrected chi connectivity index (χ0v) is 16.5. The highest BCUT2D eigenvalue weighted by molar-refractivity contribution is 6.39. The summed E-state index contributed by atoms with van der Waals surface area (Å²) >= 11 is 0. The maximum Gasteiger partial charge on any atom is 0.314 e. The Morgan fingerprint density at radius 3 is 2.50 bits per heavy atom. The van der Waals surface area contributed by atoms with Gasteiger partial charge in [-0.1, -0.05) is 26.2 Å². The molecule has 9 nitrogen and oxygen atoms in total. The molecule has 150 valence electrons. The fourth-order valence-electron chi connectivity index (χ4n) is 3.59. The molecular formula is C19H26N6O3. The molecule has 0 radical (unpaired) electrons. The average molecular weight is 386 g/mol. The van der Waals surface area contributed by atoms with Gasteiger partial charge in [0.2, 0.25) is 0 Å². The minimum absolute atomic E-state index is 0.0391. The van der Waals surface area contributed by atoms with Crippen molar-refractivity contribution in [3.63, 3.8) is 0 Å². The number of hydrogen-bond donors (Lipinski definition) is 2. The Morgan fingerprint density at radius 1 is 1.14 bits per heavy atom. The summed E-state index contributed by atoms with van der Waals surface area (Å²) in [5, 5.41) is 9.60. The van der Waals surface area contributed by atoms with Gasteiger partial charge in [-0.2, -0.15) is 14.8 Å². The zero-order valence-electron chi connectivity index (χ0n) is 16.5. The molecular weight excluding hydrogens is 360 g/mol. The molecule has 1 aromatic heterocycles. The number of carbonyl (C=O) groups is 3. The Bertz CT molecular complexity index is 848. The maximum atomic E-state index is 12.4. The van der Waals surface area contributed by atoms with Crippen molar-refractivity contribution in [2.45, 2.75) is 65.3 Å². The lowest BCUT2D eigenvalue weighted by Gasteiger charge is -2.22. The minimum Gasteiger partial charge on any atom is -0.345 e. The zero-order chi connectivity index (χ0) is 20.3. The summed E-state index contributed by atoms with van der Waals surface area (Å²) in [6, 6.07) is 1.65. The fraction of sp³-hybridized carbons (Fsp3) is 0.579. The summed E-state index contributed by atoms with van der Waals surface area (Å²) in [6.45, 7) is 5.41. The van der Waals surface area contributed by atoms with Gasteiger partial charge in [-0.05, 0) is 33.1 Å². The van der Waals surface area contributed by atoms with Crippen molar-refractivity contribution in [2.24, 2.45) is 15.9 Å². The SMILES string of the molecule is CCC1C(=O)N=C(n2nc(C)cc2NC(=O)C(=O)NC2CCCCC2)N=C1C. The molecule has 3 rings (SSSR count). The molecule has 1 aromatic rings. The van der Waals surface area contributed by atoms with Crippen LogP contribution in [0, 0.1) is 12.8 Å². The molecule has 0 spiro atoms. The van der Waals surface area contributed by atoms with Gasteiger partial charge in [-0.25, -0.2) is 4.99 Å². The van der Waals surface area contributed by atoms with Gasteiger partial charge < -0.3 is 10.6 Å². The van der Waals surface area contributed by atoms with Crippen molar-refractivity contribution in [1.29, 1.82) is 0 Å². The van der Waals surface area contributed by atoms with E-state index in [1.807, 2.05) is 6.92 Å². The third-order valence-electron chi connectivity index (χ3n) is 5.11. The van der Waals surface area contributed by atoms with Crippen LogP contribution in [-0.4, -0.2) is 45.2 Å². The van der Waals surface area contributed by atoms with Crippen LogP contribution in [0.1, 0.15) is 58.1 Å². The molecule has 1 aliphatic carbocycles. The first-order chi connectivity index (χ1) is 13.4. The van der Waals surface area contributed by atoms with E-state index in [2.05, 4.69) is 25.7 Å². The number of anilines is 1. The molecule has 3 amide bonds. The lowest BCUT2D eigenvalue weighted by Crippen LogP contribution is -2.43. The Labute approximate surface area is 163 Å². The number of aryl methyl sites for hydroxylation is 1. The number of nitrogens with one attached hydrogen (secondary N) is 2. The lowest BCUT2D eigenvalue weighted by molar-refractivity contribution is -0.136. The summed E-state index contributed by atoms with van der Waals surface area (Å²) in [7, 11) is 0. The van der Waals surface area contributed by atoms with E-state index < -0.39 is 11.8 Å². The van der Waals surface area contributed by atoms with E-state index in [-0.39, 0.29) is 29.6 Å². The molecule has 0 bridgehead atoms. The molecule has 2 aliphatic rings. The number of nitrogens with zero attached hydrogens (tertiary/aromatic N) is 4. The van der Waals surface area contributed by atoms with Crippen LogP contribution in [0.3, 0.4) is 0 Å². The Balaban J connectivity index is 1.74. The monoisotopic (exact) mass is 386 g/mol. The number of carbonyl (C=O) groups excluding carboxylic acids is 3. The van der Waals surface area contributed by atoms with Gasteiger partial charge in [0.1, 0.15) is 5.82 Å². The predicted octanol–water partition coefficient (Wildman–Crippen LogP) is 1.81. The predicted molar refractivity (Wildman–Crippen MR) is 105 cm³/mol. The summed E-state index contributed by atoms with van der Waals surface area (Å²) in [4.78, 5) is 45.2.